The number of benzene rings is 2. The summed E-state index contributed by atoms with van der Waals surface area (Å²) in [6.45, 7) is -0.0139. The van der Waals surface area contributed by atoms with Crippen molar-refractivity contribution in [1.82, 2.24) is 10.2 Å². The van der Waals surface area contributed by atoms with Gasteiger partial charge in [-0.15, -0.1) is 0 Å². The zero-order valence-electron chi connectivity index (χ0n) is 14.0. The Bertz CT molecular complexity index is 1000. The summed E-state index contributed by atoms with van der Waals surface area (Å²) >= 11 is 0. The lowest BCUT2D eigenvalue weighted by Crippen LogP contribution is -2.30. The molecule has 0 saturated carbocycles. The van der Waals surface area contributed by atoms with E-state index in [1.807, 2.05) is 0 Å². The molecule has 0 bridgehead atoms. The molecule has 1 aliphatic heterocycles. The zero-order chi connectivity index (χ0) is 19.6. The molecule has 1 aliphatic rings. The number of rotatable bonds is 6. The van der Waals surface area contributed by atoms with Crippen LogP contribution >= 0.6 is 0 Å². The molecule has 140 valence electrons. The van der Waals surface area contributed by atoms with Crippen molar-refractivity contribution in [3.8, 4) is 0 Å². The molecule has 0 unspecified atom stereocenters. The molecule has 10 heteroatoms. The van der Waals surface area contributed by atoms with Crippen LogP contribution in [0.2, 0.25) is 0 Å². The molecule has 4 amide bonds. The Kier molecular flexibility index (Phi) is 4.82. The first kappa shape index (κ1) is 18.4. The van der Waals surface area contributed by atoms with Crippen LogP contribution in [0.15, 0.2) is 53.4 Å². The van der Waals surface area contributed by atoms with E-state index in [4.69, 9.17) is 5.73 Å². The van der Waals surface area contributed by atoms with Crippen LogP contribution in [0.4, 0.5) is 10.5 Å². The fourth-order valence-corrected chi connectivity index (χ4v) is 3.59. The second kappa shape index (κ2) is 7.08. The van der Waals surface area contributed by atoms with E-state index in [0.29, 0.717) is 5.56 Å². The van der Waals surface area contributed by atoms with Crippen LogP contribution in [-0.4, -0.2) is 37.7 Å². The molecule has 0 atom stereocenters. The lowest BCUT2D eigenvalue weighted by atomic mass is 10.2. The predicted octanol–water partition coefficient (Wildman–Crippen LogP) is 0.638. The van der Waals surface area contributed by atoms with Crippen LogP contribution in [-0.2, 0) is 21.4 Å². The molecule has 27 heavy (non-hydrogen) atoms. The molecule has 0 radical (unpaired) electrons. The van der Waals surface area contributed by atoms with Gasteiger partial charge in [0.25, 0.3) is 10.0 Å². The Labute approximate surface area is 155 Å². The first-order valence-electron chi connectivity index (χ1n) is 7.86. The standard InChI is InChI=1S/C17H16N4O5S/c18-16(23)12-4-6-14(7-5-12)27(25,26)20-13-3-1-2-11(8-13)10-21-15(22)9-19-17(21)24/h1-8,20H,9-10H2,(H2,18,23)(H,19,24). The number of imide groups is 1. The minimum absolute atomic E-state index is 0.0352. The maximum Gasteiger partial charge on any atom is 0.324 e. The van der Waals surface area contributed by atoms with Crippen LogP contribution in [0.5, 0.6) is 0 Å². The lowest BCUT2D eigenvalue weighted by molar-refractivity contribution is -0.125. The van der Waals surface area contributed by atoms with Crippen LogP contribution in [0, 0.1) is 0 Å². The summed E-state index contributed by atoms with van der Waals surface area (Å²) < 4.78 is 27.4. The molecule has 2 aromatic rings. The highest BCUT2D eigenvalue weighted by molar-refractivity contribution is 7.92. The number of nitrogens with zero attached hydrogens (tertiary/aromatic N) is 1. The van der Waals surface area contributed by atoms with Crippen molar-refractivity contribution in [2.75, 3.05) is 11.3 Å². The predicted molar refractivity (Wildman–Crippen MR) is 96.2 cm³/mol. The normalized spacial score (nSPS) is 14.1. The Morgan fingerprint density at radius 3 is 2.44 bits per heavy atom. The summed E-state index contributed by atoms with van der Waals surface area (Å²) in [5.41, 5.74) is 6.20. The number of urea groups is 1. The van der Waals surface area contributed by atoms with Crippen LogP contribution in [0.1, 0.15) is 15.9 Å². The van der Waals surface area contributed by atoms with E-state index in [1.165, 1.54) is 30.3 Å². The topological polar surface area (TPSA) is 139 Å². The van der Waals surface area contributed by atoms with Crippen molar-refractivity contribution in [3.63, 3.8) is 0 Å². The third-order valence-corrected chi connectivity index (χ3v) is 5.30. The molecule has 0 aromatic heterocycles. The lowest BCUT2D eigenvalue weighted by Gasteiger charge is -2.14. The van der Waals surface area contributed by atoms with Crippen molar-refractivity contribution < 1.29 is 22.8 Å². The van der Waals surface area contributed by atoms with Gasteiger partial charge in [0.05, 0.1) is 18.0 Å². The minimum Gasteiger partial charge on any atom is -0.366 e. The van der Waals surface area contributed by atoms with Gasteiger partial charge in [-0.25, -0.2) is 13.2 Å². The van der Waals surface area contributed by atoms with Gasteiger partial charge in [-0.1, -0.05) is 12.1 Å². The summed E-state index contributed by atoms with van der Waals surface area (Å²) in [7, 11) is -3.88. The molecule has 1 heterocycles. The first-order valence-corrected chi connectivity index (χ1v) is 9.34. The van der Waals surface area contributed by atoms with Crippen LogP contribution in [0.3, 0.4) is 0 Å². The summed E-state index contributed by atoms with van der Waals surface area (Å²) in [6, 6.07) is 11.1. The number of hydrogen-bond acceptors (Lipinski definition) is 5. The SMILES string of the molecule is NC(=O)c1ccc(S(=O)(=O)Nc2cccc(CN3C(=O)CNC3=O)c2)cc1. The van der Waals surface area contributed by atoms with Crippen LogP contribution < -0.4 is 15.8 Å². The van der Waals surface area contributed by atoms with E-state index < -0.39 is 22.0 Å². The van der Waals surface area contributed by atoms with E-state index in [0.717, 1.165) is 4.90 Å². The van der Waals surface area contributed by atoms with Crippen molar-refractivity contribution in [2.45, 2.75) is 11.4 Å². The van der Waals surface area contributed by atoms with Crippen molar-refractivity contribution >= 4 is 33.6 Å². The molecule has 0 aliphatic carbocycles. The maximum atomic E-state index is 12.5. The van der Waals surface area contributed by atoms with Crippen molar-refractivity contribution in [3.05, 3.63) is 59.7 Å². The Balaban J connectivity index is 1.77. The van der Waals surface area contributed by atoms with Crippen LogP contribution in [0.25, 0.3) is 0 Å². The molecular formula is C17H16N4O5S. The number of carbonyl (C=O) groups excluding carboxylic acids is 3. The summed E-state index contributed by atoms with van der Waals surface area (Å²) in [4.78, 5) is 35.4. The zero-order valence-corrected chi connectivity index (χ0v) is 14.8. The summed E-state index contributed by atoms with van der Waals surface area (Å²) in [6.07, 6.45) is 0. The van der Waals surface area contributed by atoms with Gasteiger partial charge in [-0.2, -0.15) is 0 Å². The highest BCUT2D eigenvalue weighted by Crippen LogP contribution is 2.19. The fourth-order valence-electron chi connectivity index (χ4n) is 2.54. The van der Waals surface area contributed by atoms with Gasteiger partial charge in [0.1, 0.15) is 0 Å². The highest BCUT2D eigenvalue weighted by Gasteiger charge is 2.28. The van der Waals surface area contributed by atoms with Gasteiger partial charge in [-0.3, -0.25) is 19.2 Å². The third-order valence-electron chi connectivity index (χ3n) is 3.91. The number of primary amides is 1. The molecule has 4 N–H and O–H groups in total. The fraction of sp³-hybridized carbons (Fsp3) is 0.118. The average Bonchev–Trinajstić information content (AvgIpc) is 2.94. The minimum atomic E-state index is -3.88. The maximum absolute atomic E-state index is 12.5. The van der Waals surface area contributed by atoms with Crippen molar-refractivity contribution in [2.24, 2.45) is 5.73 Å². The number of amides is 4. The molecule has 0 spiro atoms. The average molecular weight is 388 g/mol. The van der Waals surface area contributed by atoms with Gasteiger partial charge >= 0.3 is 6.03 Å². The quantitative estimate of drug-likeness (QED) is 0.623. The van der Waals surface area contributed by atoms with E-state index in [9.17, 15) is 22.8 Å². The van der Waals surface area contributed by atoms with Gasteiger partial charge in [0.15, 0.2) is 0 Å². The third kappa shape index (κ3) is 4.06. The number of anilines is 1. The highest BCUT2D eigenvalue weighted by atomic mass is 32.2. The Hall–Kier alpha value is -3.40. The number of nitrogens with one attached hydrogen (secondary N) is 2. The largest absolute Gasteiger partial charge is 0.366 e. The number of nitrogens with two attached hydrogens (primary N) is 1. The Morgan fingerprint density at radius 1 is 1.15 bits per heavy atom. The van der Waals surface area contributed by atoms with Gasteiger partial charge in [-0.05, 0) is 42.0 Å². The van der Waals surface area contributed by atoms with E-state index >= 15 is 0 Å². The van der Waals surface area contributed by atoms with Gasteiger partial charge in [0, 0.05) is 11.3 Å². The van der Waals surface area contributed by atoms with E-state index in [1.54, 1.807) is 18.2 Å². The smallest absolute Gasteiger partial charge is 0.324 e. The molecular weight excluding hydrogens is 372 g/mol. The second-order valence-electron chi connectivity index (χ2n) is 5.83. The molecule has 3 rings (SSSR count). The molecule has 1 saturated heterocycles. The van der Waals surface area contributed by atoms with E-state index in [-0.39, 0.29) is 35.1 Å². The summed E-state index contributed by atoms with van der Waals surface area (Å²) in [5, 5.41) is 2.42. The molecule has 9 nitrogen and oxygen atoms in total. The van der Waals surface area contributed by atoms with Gasteiger partial charge < -0.3 is 11.1 Å². The molecule has 1 fully saturated rings. The summed E-state index contributed by atoms with van der Waals surface area (Å²) in [5.74, 6) is -0.999. The number of sulfonamides is 1. The Morgan fingerprint density at radius 2 is 1.85 bits per heavy atom. The number of hydrogen-bond donors (Lipinski definition) is 3. The van der Waals surface area contributed by atoms with E-state index in [2.05, 4.69) is 10.0 Å². The first-order chi connectivity index (χ1) is 12.8. The monoisotopic (exact) mass is 388 g/mol. The molecule has 2 aromatic carbocycles. The number of carbonyl (C=O) groups is 3. The van der Waals surface area contributed by atoms with Crippen molar-refractivity contribution in [1.29, 1.82) is 0 Å². The second-order valence-corrected chi connectivity index (χ2v) is 7.52. The van der Waals surface area contributed by atoms with Gasteiger partial charge in [0.2, 0.25) is 11.8 Å².